The number of anilines is 1. The van der Waals surface area contributed by atoms with Gasteiger partial charge in [0.2, 0.25) is 5.88 Å². The Hall–Kier alpha value is -1.76. The van der Waals surface area contributed by atoms with Crippen molar-refractivity contribution in [1.82, 2.24) is 4.98 Å². The molecule has 1 aromatic carbocycles. The third kappa shape index (κ3) is 3.04. The first-order chi connectivity index (χ1) is 9.29. The lowest BCUT2D eigenvalue weighted by atomic mass is 10.1. The van der Waals surface area contributed by atoms with Gasteiger partial charge in [-0.1, -0.05) is 0 Å². The highest BCUT2D eigenvalue weighted by molar-refractivity contribution is 9.10. The first-order valence-electron chi connectivity index (χ1n) is 5.54. The number of nitrogens with zero attached hydrogens (tertiary/aromatic N) is 1. The minimum absolute atomic E-state index is 0.0148. The normalized spacial score (nSPS) is 11.4. The van der Waals surface area contributed by atoms with Crippen LogP contribution in [0.15, 0.2) is 34.9 Å². The van der Waals surface area contributed by atoms with Crippen molar-refractivity contribution < 1.29 is 17.9 Å². The second-order valence-corrected chi connectivity index (χ2v) is 4.90. The van der Waals surface area contributed by atoms with Crippen molar-refractivity contribution in [3.05, 3.63) is 46.1 Å². The van der Waals surface area contributed by atoms with Gasteiger partial charge in [0.15, 0.2) is 0 Å². The van der Waals surface area contributed by atoms with E-state index in [0.717, 1.165) is 11.6 Å². The van der Waals surface area contributed by atoms with Gasteiger partial charge in [-0.05, 0) is 52.7 Å². The molecule has 106 valence electrons. The fourth-order valence-electron chi connectivity index (χ4n) is 1.55. The van der Waals surface area contributed by atoms with E-state index in [-0.39, 0.29) is 17.3 Å². The lowest BCUT2D eigenvalue weighted by molar-refractivity contribution is -0.138. The number of hydrogen-bond acceptors (Lipinski definition) is 3. The summed E-state index contributed by atoms with van der Waals surface area (Å²) in [5, 5.41) is 0. The molecule has 0 bridgehead atoms. The molecule has 0 radical (unpaired) electrons. The number of alkyl halides is 3. The molecule has 0 amide bonds. The van der Waals surface area contributed by atoms with E-state index in [0.29, 0.717) is 4.47 Å². The summed E-state index contributed by atoms with van der Waals surface area (Å²) in [5.74, 6) is -0.272. The van der Waals surface area contributed by atoms with Gasteiger partial charge in [-0.3, -0.25) is 0 Å². The van der Waals surface area contributed by atoms with Crippen molar-refractivity contribution >= 4 is 21.6 Å². The second-order valence-electron chi connectivity index (χ2n) is 4.10. The van der Waals surface area contributed by atoms with Crippen molar-refractivity contribution in [1.29, 1.82) is 0 Å². The van der Waals surface area contributed by atoms with Crippen molar-refractivity contribution in [2.24, 2.45) is 0 Å². The van der Waals surface area contributed by atoms with Crippen molar-refractivity contribution in [2.75, 3.05) is 5.73 Å². The van der Waals surface area contributed by atoms with Crippen LogP contribution in [0.2, 0.25) is 0 Å². The van der Waals surface area contributed by atoms with E-state index < -0.39 is 11.7 Å². The molecule has 1 aromatic heterocycles. The lowest BCUT2D eigenvalue weighted by Crippen LogP contribution is -2.08. The summed E-state index contributed by atoms with van der Waals surface area (Å²) in [6, 6.07) is 5.06. The highest BCUT2D eigenvalue weighted by atomic mass is 79.9. The summed E-state index contributed by atoms with van der Waals surface area (Å²) in [7, 11) is 0. The molecular weight excluding hydrogens is 337 g/mol. The topological polar surface area (TPSA) is 48.1 Å². The largest absolute Gasteiger partial charge is 0.437 e. The smallest absolute Gasteiger partial charge is 0.420 e. The fraction of sp³-hybridized carbons (Fsp3) is 0.154. The molecule has 0 unspecified atom stereocenters. The van der Waals surface area contributed by atoms with Crippen LogP contribution >= 0.6 is 15.9 Å². The molecule has 1 heterocycles. The summed E-state index contributed by atoms with van der Waals surface area (Å²) in [5.41, 5.74) is 5.27. The van der Waals surface area contributed by atoms with E-state index in [1.807, 2.05) is 0 Å². The number of aromatic nitrogens is 1. The third-order valence-electron chi connectivity index (χ3n) is 2.57. The van der Waals surface area contributed by atoms with Crippen LogP contribution in [0, 0.1) is 6.92 Å². The van der Waals surface area contributed by atoms with E-state index in [1.54, 1.807) is 13.0 Å². The van der Waals surface area contributed by atoms with Crippen LogP contribution in [0.4, 0.5) is 18.9 Å². The maximum Gasteiger partial charge on any atom is 0.420 e. The van der Waals surface area contributed by atoms with Gasteiger partial charge in [-0.2, -0.15) is 13.2 Å². The minimum atomic E-state index is -4.55. The second kappa shape index (κ2) is 5.32. The Kier molecular flexibility index (Phi) is 3.89. The lowest BCUT2D eigenvalue weighted by Gasteiger charge is -2.14. The van der Waals surface area contributed by atoms with Crippen molar-refractivity contribution in [3.8, 4) is 11.6 Å². The van der Waals surface area contributed by atoms with Crippen LogP contribution in [-0.2, 0) is 6.18 Å². The van der Waals surface area contributed by atoms with Crippen LogP contribution in [0.25, 0.3) is 0 Å². The Bertz CT molecular complexity index is 644. The van der Waals surface area contributed by atoms with Crippen LogP contribution in [0.3, 0.4) is 0 Å². The molecule has 2 aromatic rings. The Balaban J connectivity index is 2.46. The zero-order valence-corrected chi connectivity index (χ0v) is 11.9. The van der Waals surface area contributed by atoms with Gasteiger partial charge in [-0.25, -0.2) is 4.98 Å². The fourth-order valence-corrected chi connectivity index (χ4v) is 1.86. The monoisotopic (exact) mass is 346 g/mol. The minimum Gasteiger partial charge on any atom is -0.437 e. The molecule has 0 spiro atoms. The molecule has 7 heteroatoms. The predicted molar refractivity (Wildman–Crippen MR) is 72.6 cm³/mol. The zero-order valence-electron chi connectivity index (χ0n) is 10.3. The van der Waals surface area contributed by atoms with Gasteiger partial charge in [0.1, 0.15) is 11.3 Å². The summed E-state index contributed by atoms with van der Waals surface area (Å²) in [4.78, 5) is 3.91. The van der Waals surface area contributed by atoms with Gasteiger partial charge in [0.05, 0.1) is 4.47 Å². The average Bonchev–Trinajstić information content (AvgIpc) is 2.36. The number of nitrogens with two attached hydrogens (primary N) is 1. The highest BCUT2D eigenvalue weighted by Gasteiger charge is 2.35. The Morgan fingerprint density at radius 3 is 2.60 bits per heavy atom. The molecule has 2 rings (SSSR count). The molecule has 0 aliphatic rings. The number of rotatable bonds is 2. The number of ether oxygens (including phenoxy) is 1. The number of pyridine rings is 1. The summed E-state index contributed by atoms with van der Waals surface area (Å²) >= 11 is 3.23. The number of hydrogen-bond donors (Lipinski definition) is 1. The molecule has 2 N–H and O–H groups in total. The van der Waals surface area contributed by atoms with Gasteiger partial charge < -0.3 is 10.5 Å². The zero-order chi connectivity index (χ0) is 14.9. The van der Waals surface area contributed by atoms with Gasteiger partial charge >= 0.3 is 6.18 Å². The molecule has 0 fully saturated rings. The molecule has 3 nitrogen and oxygen atoms in total. The average molecular weight is 347 g/mol. The maximum absolute atomic E-state index is 12.9. The number of nitrogen functional groups attached to an aromatic ring is 1. The summed E-state index contributed by atoms with van der Waals surface area (Å²) < 4.78 is 44.6. The van der Waals surface area contributed by atoms with E-state index >= 15 is 0 Å². The number of benzene rings is 1. The Labute approximate surface area is 121 Å². The van der Waals surface area contributed by atoms with E-state index in [2.05, 4.69) is 20.9 Å². The van der Waals surface area contributed by atoms with Crippen molar-refractivity contribution in [3.63, 3.8) is 0 Å². The van der Waals surface area contributed by atoms with Gasteiger partial charge in [-0.15, -0.1) is 0 Å². The van der Waals surface area contributed by atoms with E-state index in [1.165, 1.54) is 18.3 Å². The molecule has 0 saturated heterocycles. The number of aryl methyl sites for hydroxylation is 1. The van der Waals surface area contributed by atoms with Crippen LogP contribution < -0.4 is 10.5 Å². The quantitative estimate of drug-likeness (QED) is 0.811. The molecule has 0 aliphatic carbocycles. The highest BCUT2D eigenvalue weighted by Crippen LogP contribution is 2.40. The molecule has 20 heavy (non-hydrogen) atoms. The summed E-state index contributed by atoms with van der Waals surface area (Å²) in [6.07, 6.45) is -3.10. The van der Waals surface area contributed by atoms with Crippen LogP contribution in [-0.4, -0.2) is 4.98 Å². The first-order valence-corrected chi connectivity index (χ1v) is 6.34. The molecule has 0 atom stereocenters. The summed E-state index contributed by atoms with van der Waals surface area (Å²) in [6.45, 7) is 1.78. The van der Waals surface area contributed by atoms with E-state index in [4.69, 9.17) is 10.5 Å². The third-order valence-corrected chi connectivity index (χ3v) is 3.53. The number of halogens is 4. The van der Waals surface area contributed by atoms with E-state index in [9.17, 15) is 13.2 Å². The van der Waals surface area contributed by atoms with Crippen molar-refractivity contribution in [2.45, 2.75) is 13.1 Å². The standard InChI is InChI=1S/C13H10BrF3N2O/c1-7-4-5-19-12(11(7)14)20-10-3-2-8(18)6-9(10)13(15,16)17/h2-6H,18H2,1H3. The van der Waals surface area contributed by atoms with Gasteiger partial charge in [0.25, 0.3) is 0 Å². The molecule has 0 aliphatic heterocycles. The molecule has 0 saturated carbocycles. The van der Waals surface area contributed by atoms with Crippen LogP contribution in [0.5, 0.6) is 11.6 Å². The SMILES string of the molecule is Cc1ccnc(Oc2ccc(N)cc2C(F)(F)F)c1Br. The molecular formula is C13H10BrF3N2O. The maximum atomic E-state index is 12.9. The Morgan fingerprint density at radius 1 is 1.25 bits per heavy atom. The Morgan fingerprint density at radius 2 is 1.95 bits per heavy atom. The van der Waals surface area contributed by atoms with Gasteiger partial charge in [0, 0.05) is 11.9 Å². The van der Waals surface area contributed by atoms with Crippen LogP contribution in [0.1, 0.15) is 11.1 Å². The predicted octanol–water partition coefficient (Wildman–Crippen LogP) is 4.55. The first kappa shape index (κ1) is 14.6.